The van der Waals surface area contributed by atoms with Crippen molar-refractivity contribution in [2.24, 2.45) is 0 Å². The van der Waals surface area contributed by atoms with Gasteiger partial charge in [0.25, 0.3) is 0 Å². The second-order valence-corrected chi connectivity index (χ2v) is 8.36. The third-order valence-corrected chi connectivity index (χ3v) is 5.84. The Kier molecular flexibility index (Phi) is 6.98. The van der Waals surface area contributed by atoms with Gasteiger partial charge in [0.2, 0.25) is 0 Å². The monoisotopic (exact) mass is 451 g/mol. The third kappa shape index (κ3) is 4.81. The van der Waals surface area contributed by atoms with Crippen LogP contribution in [0.5, 0.6) is 0 Å². The van der Waals surface area contributed by atoms with Gasteiger partial charge in [0, 0.05) is 29.3 Å². The lowest BCUT2D eigenvalue weighted by Gasteiger charge is -2.08. The molecule has 5 aromatic rings. The first-order chi connectivity index (χ1) is 16.5. The molecule has 0 bridgehead atoms. The molecular weight excluding hydrogens is 422 g/mol. The molecular formula is C30H29NO3. The van der Waals surface area contributed by atoms with E-state index in [0.717, 1.165) is 33.5 Å². The molecule has 2 heterocycles. The van der Waals surface area contributed by atoms with E-state index < -0.39 is 5.97 Å². The molecule has 0 aliphatic rings. The number of allylic oxidation sites excluding steroid dienone is 3. The zero-order valence-corrected chi connectivity index (χ0v) is 19.6. The van der Waals surface area contributed by atoms with E-state index in [4.69, 9.17) is 9.52 Å². The van der Waals surface area contributed by atoms with Crippen LogP contribution in [0.1, 0.15) is 26.7 Å². The lowest BCUT2D eigenvalue weighted by atomic mass is 10.1. The van der Waals surface area contributed by atoms with Crippen LogP contribution < -0.4 is 0 Å². The van der Waals surface area contributed by atoms with E-state index in [2.05, 4.69) is 71.8 Å². The Bertz CT molecular complexity index is 1470. The first-order valence-corrected chi connectivity index (χ1v) is 11.5. The predicted octanol–water partition coefficient (Wildman–Crippen LogP) is 8.21. The number of hydrogen-bond acceptors (Lipinski definition) is 2. The minimum atomic E-state index is -0.770. The number of carboxylic acids is 1. The molecule has 4 heteroatoms. The molecule has 172 valence electrons. The molecule has 1 N–H and O–H groups in total. The first kappa shape index (κ1) is 23.1. The lowest BCUT2D eigenvalue weighted by molar-refractivity contribution is -0.136. The largest absolute Gasteiger partial charge is 0.481 e. The average Bonchev–Trinajstić information content (AvgIpc) is 3.43. The predicted molar refractivity (Wildman–Crippen MR) is 141 cm³/mol. The van der Waals surface area contributed by atoms with E-state index in [-0.39, 0.29) is 6.42 Å². The summed E-state index contributed by atoms with van der Waals surface area (Å²) in [6.45, 7) is 7.89. The summed E-state index contributed by atoms with van der Waals surface area (Å²) >= 11 is 0. The van der Waals surface area contributed by atoms with Gasteiger partial charge < -0.3 is 14.1 Å². The molecule has 34 heavy (non-hydrogen) atoms. The number of aliphatic carboxylic acids is 1. The van der Waals surface area contributed by atoms with Gasteiger partial charge >= 0.3 is 5.97 Å². The number of carboxylic acid groups (broad SMARTS) is 1. The summed E-state index contributed by atoms with van der Waals surface area (Å²) in [5.74, 6) is 0.0617. The van der Waals surface area contributed by atoms with Gasteiger partial charge in [-0.2, -0.15) is 0 Å². The zero-order chi connectivity index (χ0) is 24.1. The molecule has 0 aliphatic heterocycles. The Balaban J connectivity index is 0.000000868. The number of carbonyl (C=O) groups is 1. The fourth-order valence-electron chi connectivity index (χ4n) is 4.18. The second kappa shape index (κ2) is 10.3. The Morgan fingerprint density at radius 3 is 2.41 bits per heavy atom. The number of rotatable bonds is 6. The third-order valence-electron chi connectivity index (χ3n) is 5.84. The van der Waals surface area contributed by atoms with Gasteiger partial charge in [-0.15, -0.1) is 6.58 Å². The molecule has 0 radical (unpaired) electrons. The normalized spacial score (nSPS) is 11.5. The first-order valence-electron chi connectivity index (χ1n) is 11.5. The zero-order valence-electron chi connectivity index (χ0n) is 19.6. The number of nitrogens with zero attached hydrogens (tertiary/aromatic N) is 1. The summed E-state index contributed by atoms with van der Waals surface area (Å²) in [6.07, 6.45) is 4.57. The van der Waals surface area contributed by atoms with Crippen molar-refractivity contribution in [2.45, 2.75) is 33.2 Å². The van der Waals surface area contributed by atoms with Crippen molar-refractivity contribution in [1.29, 1.82) is 0 Å². The maximum absolute atomic E-state index is 10.9. The Labute approximate surface area is 199 Å². The van der Waals surface area contributed by atoms with Crippen molar-refractivity contribution >= 4 is 38.6 Å². The highest BCUT2D eigenvalue weighted by Crippen LogP contribution is 2.35. The molecule has 0 unspecified atom stereocenters. The van der Waals surface area contributed by atoms with Gasteiger partial charge in [0.15, 0.2) is 5.76 Å². The van der Waals surface area contributed by atoms with Gasteiger partial charge in [-0.1, -0.05) is 66.3 Å². The lowest BCUT2D eigenvalue weighted by Crippen LogP contribution is -1.99. The van der Waals surface area contributed by atoms with Crippen LogP contribution in [0.25, 0.3) is 44.1 Å². The van der Waals surface area contributed by atoms with E-state index in [1.54, 1.807) is 6.08 Å². The maximum atomic E-state index is 10.9. The summed E-state index contributed by atoms with van der Waals surface area (Å²) in [6, 6.07) is 25.0. The van der Waals surface area contributed by atoms with Crippen molar-refractivity contribution in [3.8, 4) is 11.5 Å². The number of hydrogen-bond donors (Lipinski definition) is 1. The molecule has 0 atom stereocenters. The molecule has 2 aromatic heterocycles. The van der Waals surface area contributed by atoms with Crippen molar-refractivity contribution in [3.05, 3.63) is 97.1 Å². The second-order valence-electron chi connectivity index (χ2n) is 8.36. The highest BCUT2D eigenvalue weighted by atomic mass is 16.4. The fourth-order valence-corrected chi connectivity index (χ4v) is 4.18. The molecule has 4 nitrogen and oxygen atoms in total. The fraction of sp³-hybridized carbons (Fsp3) is 0.167. The Morgan fingerprint density at radius 2 is 1.68 bits per heavy atom. The van der Waals surface area contributed by atoms with Gasteiger partial charge in [-0.3, -0.25) is 4.79 Å². The van der Waals surface area contributed by atoms with Crippen LogP contribution >= 0.6 is 0 Å². The molecule has 0 amide bonds. The molecule has 5 rings (SSSR count). The highest BCUT2D eigenvalue weighted by Gasteiger charge is 2.16. The maximum Gasteiger partial charge on any atom is 0.303 e. The minimum absolute atomic E-state index is 0.149. The van der Waals surface area contributed by atoms with Crippen molar-refractivity contribution in [1.82, 2.24) is 4.57 Å². The summed E-state index contributed by atoms with van der Waals surface area (Å²) in [4.78, 5) is 10.9. The summed E-state index contributed by atoms with van der Waals surface area (Å²) in [5.41, 5.74) is 4.09. The molecule has 0 saturated heterocycles. The van der Waals surface area contributed by atoms with Crippen LogP contribution in [0.2, 0.25) is 0 Å². The van der Waals surface area contributed by atoms with Crippen molar-refractivity contribution in [2.75, 3.05) is 0 Å². The number of para-hydroxylation sites is 1. The van der Waals surface area contributed by atoms with Crippen LogP contribution in [0.15, 0.2) is 102 Å². The van der Waals surface area contributed by atoms with E-state index in [1.807, 2.05) is 32.0 Å². The average molecular weight is 452 g/mol. The summed E-state index contributed by atoms with van der Waals surface area (Å²) in [5, 5.41) is 13.7. The molecule has 0 aliphatic carbocycles. The van der Waals surface area contributed by atoms with Crippen LogP contribution in [0.4, 0.5) is 0 Å². The number of furan rings is 1. The van der Waals surface area contributed by atoms with Crippen LogP contribution in [0, 0.1) is 0 Å². The standard InChI is InChI=1S/C27H23NO3.C3H6/c1-18(10-13-27(29)30)14-15-28-23-12-11-19-6-2-4-8-21(19)22(23)17-24(28)26-16-20-7-3-5-9-25(20)31-26;1-3-2/h2-9,11-12,14,16-17H,10,13,15H2,1H3,(H,29,30);3H,1H2,2H3/b18-14+;. The Hall–Kier alpha value is -4.05. The molecule has 0 spiro atoms. The van der Waals surface area contributed by atoms with Gasteiger partial charge in [-0.25, -0.2) is 0 Å². The van der Waals surface area contributed by atoms with Gasteiger partial charge in [0.05, 0.1) is 5.69 Å². The van der Waals surface area contributed by atoms with Crippen LogP contribution in [-0.4, -0.2) is 15.6 Å². The number of aromatic nitrogens is 1. The summed E-state index contributed by atoms with van der Waals surface area (Å²) < 4.78 is 8.46. The van der Waals surface area contributed by atoms with E-state index >= 15 is 0 Å². The van der Waals surface area contributed by atoms with Gasteiger partial charge in [-0.05, 0) is 55.3 Å². The molecule has 0 saturated carbocycles. The quantitative estimate of drug-likeness (QED) is 0.265. The van der Waals surface area contributed by atoms with E-state index in [1.165, 1.54) is 16.2 Å². The SMILES string of the molecule is C/C(=C\Cn1c(-c2cc3ccccc3o2)cc2c3ccccc3ccc21)CCC(=O)O.C=CC. The minimum Gasteiger partial charge on any atom is -0.481 e. The van der Waals surface area contributed by atoms with Crippen LogP contribution in [0.3, 0.4) is 0 Å². The number of fused-ring (bicyclic) bond motifs is 4. The molecule has 0 fully saturated rings. The van der Waals surface area contributed by atoms with Crippen LogP contribution in [-0.2, 0) is 11.3 Å². The van der Waals surface area contributed by atoms with E-state index in [9.17, 15) is 4.79 Å². The van der Waals surface area contributed by atoms with Crippen molar-refractivity contribution in [3.63, 3.8) is 0 Å². The number of benzene rings is 3. The smallest absolute Gasteiger partial charge is 0.303 e. The Morgan fingerprint density at radius 1 is 0.971 bits per heavy atom. The van der Waals surface area contributed by atoms with Crippen molar-refractivity contribution < 1.29 is 14.3 Å². The topological polar surface area (TPSA) is 55.4 Å². The molecule has 3 aromatic carbocycles. The highest BCUT2D eigenvalue weighted by molar-refractivity contribution is 6.08. The van der Waals surface area contributed by atoms with E-state index in [0.29, 0.717) is 13.0 Å². The van der Waals surface area contributed by atoms with Gasteiger partial charge in [0.1, 0.15) is 5.58 Å². The summed E-state index contributed by atoms with van der Waals surface area (Å²) in [7, 11) is 0.